The number of aliphatic carboxylic acids is 1. The number of ether oxygens (including phenoxy) is 1. The van der Waals surface area contributed by atoms with E-state index in [9.17, 15) is 4.79 Å². The van der Waals surface area contributed by atoms with Crippen LogP contribution in [0.1, 0.15) is 6.92 Å². The van der Waals surface area contributed by atoms with Crippen LogP contribution in [0.3, 0.4) is 0 Å². The van der Waals surface area contributed by atoms with Crippen LogP contribution in [0.2, 0.25) is 0 Å². The number of fused-ring (bicyclic) bond motifs is 1. The molecule has 0 saturated heterocycles. The first-order valence-electron chi connectivity index (χ1n) is 6.69. The van der Waals surface area contributed by atoms with Crippen molar-refractivity contribution >= 4 is 32.9 Å². The quantitative estimate of drug-likeness (QED) is 0.740. The summed E-state index contributed by atoms with van der Waals surface area (Å²) in [4.78, 5) is 18.8. The van der Waals surface area contributed by atoms with E-state index in [-0.39, 0.29) is 0 Å². The lowest BCUT2D eigenvalue weighted by Crippen LogP contribution is -2.23. The average molecular weight is 361 g/mol. The number of aromatic amines is 1. The number of H-pyrrole nitrogens is 1. The minimum atomic E-state index is -1.02. The average Bonchev–Trinajstić information content (AvgIpc) is 2.92. The minimum Gasteiger partial charge on any atom is -0.479 e. The molecule has 22 heavy (non-hydrogen) atoms. The van der Waals surface area contributed by atoms with Gasteiger partial charge in [0.2, 0.25) is 0 Å². The third kappa shape index (κ3) is 2.82. The molecule has 1 aromatic heterocycles. The molecule has 0 bridgehead atoms. The number of benzene rings is 2. The van der Waals surface area contributed by atoms with Gasteiger partial charge in [0.05, 0.1) is 16.6 Å². The molecule has 0 radical (unpaired) electrons. The highest BCUT2D eigenvalue weighted by Crippen LogP contribution is 2.32. The van der Waals surface area contributed by atoms with Crippen LogP contribution in [-0.2, 0) is 4.79 Å². The summed E-state index contributed by atoms with van der Waals surface area (Å²) < 4.78 is 6.39. The lowest BCUT2D eigenvalue weighted by Gasteiger charge is -2.13. The first-order valence-corrected chi connectivity index (χ1v) is 7.48. The molecule has 0 aliphatic heterocycles. The fourth-order valence-electron chi connectivity index (χ4n) is 2.11. The number of para-hydroxylation sites is 2. The number of nitrogens with zero attached hydrogens (tertiary/aromatic N) is 1. The zero-order valence-electron chi connectivity index (χ0n) is 11.7. The van der Waals surface area contributed by atoms with E-state index in [0.717, 1.165) is 15.5 Å². The van der Waals surface area contributed by atoms with E-state index >= 15 is 0 Å². The molecule has 112 valence electrons. The van der Waals surface area contributed by atoms with Gasteiger partial charge in [-0.15, -0.1) is 0 Å². The molecule has 0 fully saturated rings. The van der Waals surface area contributed by atoms with Crippen molar-refractivity contribution in [3.05, 3.63) is 46.9 Å². The molecular weight excluding hydrogens is 348 g/mol. The highest BCUT2D eigenvalue weighted by atomic mass is 79.9. The number of halogens is 1. The van der Waals surface area contributed by atoms with Crippen molar-refractivity contribution in [2.24, 2.45) is 0 Å². The molecule has 0 amide bonds. The van der Waals surface area contributed by atoms with Crippen molar-refractivity contribution in [2.75, 3.05) is 0 Å². The minimum absolute atomic E-state index is 0.470. The number of carboxylic acids is 1. The van der Waals surface area contributed by atoms with Gasteiger partial charge in [-0.3, -0.25) is 0 Å². The Bertz CT molecular complexity index is 811. The van der Waals surface area contributed by atoms with Crippen LogP contribution >= 0.6 is 15.9 Å². The molecule has 0 aliphatic carbocycles. The summed E-state index contributed by atoms with van der Waals surface area (Å²) in [5.74, 6) is 0.0886. The molecule has 2 N–H and O–H groups in total. The van der Waals surface area contributed by atoms with E-state index < -0.39 is 12.1 Å². The summed E-state index contributed by atoms with van der Waals surface area (Å²) in [6.45, 7) is 1.49. The van der Waals surface area contributed by atoms with Crippen LogP contribution < -0.4 is 4.74 Å². The number of nitrogens with one attached hydrogen (secondary N) is 1. The first-order chi connectivity index (χ1) is 10.5. The Balaban J connectivity index is 2.08. The maximum Gasteiger partial charge on any atom is 0.344 e. The van der Waals surface area contributed by atoms with Gasteiger partial charge >= 0.3 is 5.97 Å². The molecule has 0 aliphatic rings. The normalized spacial score (nSPS) is 12.3. The summed E-state index contributed by atoms with van der Waals surface area (Å²) in [5, 5.41) is 9.02. The van der Waals surface area contributed by atoms with Crippen LogP contribution in [0.25, 0.3) is 22.4 Å². The Morgan fingerprint density at radius 1 is 1.32 bits per heavy atom. The standard InChI is InChI=1S/C16H13BrN2O3/c1-9(16(20)21)22-14-7-6-10(17)8-11(14)15-18-12-4-2-3-5-13(12)19-15/h2-9H,1H3,(H,18,19)(H,20,21). The van der Waals surface area contributed by atoms with Crippen LogP contribution in [0.4, 0.5) is 0 Å². The van der Waals surface area contributed by atoms with E-state index in [0.29, 0.717) is 17.1 Å². The van der Waals surface area contributed by atoms with Crippen molar-refractivity contribution in [3.63, 3.8) is 0 Å². The number of aromatic nitrogens is 2. The van der Waals surface area contributed by atoms with Gasteiger partial charge in [0.15, 0.2) is 6.10 Å². The Morgan fingerprint density at radius 3 is 2.82 bits per heavy atom. The molecule has 6 heteroatoms. The van der Waals surface area contributed by atoms with Crippen LogP contribution in [0.15, 0.2) is 46.9 Å². The smallest absolute Gasteiger partial charge is 0.344 e. The predicted molar refractivity (Wildman–Crippen MR) is 87.0 cm³/mol. The van der Waals surface area contributed by atoms with E-state index in [2.05, 4.69) is 25.9 Å². The van der Waals surface area contributed by atoms with Crippen molar-refractivity contribution < 1.29 is 14.6 Å². The van der Waals surface area contributed by atoms with E-state index in [1.807, 2.05) is 30.3 Å². The second kappa shape index (κ2) is 5.81. The fourth-order valence-corrected chi connectivity index (χ4v) is 2.47. The van der Waals surface area contributed by atoms with Gasteiger partial charge in [-0.05, 0) is 37.3 Å². The summed E-state index contributed by atoms with van der Waals surface area (Å²) in [6, 6.07) is 13.1. The molecule has 1 atom stereocenters. The SMILES string of the molecule is CC(Oc1ccc(Br)cc1-c1nc2ccccc2[nH]1)C(=O)O. The van der Waals surface area contributed by atoms with Gasteiger partial charge in [0.1, 0.15) is 11.6 Å². The molecule has 1 heterocycles. The zero-order valence-corrected chi connectivity index (χ0v) is 13.3. The fraction of sp³-hybridized carbons (Fsp3) is 0.125. The number of hydrogen-bond donors (Lipinski definition) is 2. The van der Waals surface area contributed by atoms with E-state index in [4.69, 9.17) is 9.84 Å². The van der Waals surface area contributed by atoms with Crippen molar-refractivity contribution in [1.29, 1.82) is 0 Å². The van der Waals surface area contributed by atoms with Crippen LogP contribution in [0, 0.1) is 0 Å². The topological polar surface area (TPSA) is 75.2 Å². The molecule has 0 spiro atoms. The van der Waals surface area contributed by atoms with Gasteiger partial charge in [0, 0.05) is 4.47 Å². The number of carbonyl (C=O) groups is 1. The summed E-state index contributed by atoms with van der Waals surface area (Å²) in [5.41, 5.74) is 2.46. The number of rotatable bonds is 4. The lowest BCUT2D eigenvalue weighted by molar-refractivity contribution is -0.144. The number of hydrogen-bond acceptors (Lipinski definition) is 3. The van der Waals surface area contributed by atoms with Crippen LogP contribution in [0.5, 0.6) is 5.75 Å². The van der Waals surface area contributed by atoms with Crippen molar-refractivity contribution in [2.45, 2.75) is 13.0 Å². The van der Waals surface area contributed by atoms with Gasteiger partial charge in [-0.25, -0.2) is 9.78 Å². The van der Waals surface area contributed by atoms with Gasteiger partial charge in [-0.2, -0.15) is 0 Å². The van der Waals surface area contributed by atoms with Crippen LogP contribution in [-0.4, -0.2) is 27.1 Å². The Kier molecular flexibility index (Phi) is 3.85. The van der Waals surface area contributed by atoms with E-state index in [1.54, 1.807) is 12.1 Å². The molecule has 3 rings (SSSR count). The second-order valence-electron chi connectivity index (χ2n) is 4.84. The summed E-state index contributed by atoms with van der Waals surface area (Å²) in [7, 11) is 0. The number of imidazole rings is 1. The Morgan fingerprint density at radius 2 is 2.09 bits per heavy atom. The molecule has 1 unspecified atom stereocenters. The second-order valence-corrected chi connectivity index (χ2v) is 5.76. The maximum absolute atomic E-state index is 11.0. The molecule has 0 saturated carbocycles. The maximum atomic E-state index is 11.0. The highest BCUT2D eigenvalue weighted by Gasteiger charge is 2.17. The Hall–Kier alpha value is -2.34. The van der Waals surface area contributed by atoms with Gasteiger partial charge in [0.25, 0.3) is 0 Å². The van der Waals surface area contributed by atoms with Gasteiger partial charge < -0.3 is 14.8 Å². The highest BCUT2D eigenvalue weighted by molar-refractivity contribution is 9.10. The molecule has 5 nitrogen and oxygen atoms in total. The first kappa shape index (κ1) is 14.6. The number of carboxylic acid groups (broad SMARTS) is 1. The molecule has 2 aromatic carbocycles. The van der Waals surface area contributed by atoms with E-state index in [1.165, 1.54) is 6.92 Å². The Labute approximate surface area is 135 Å². The summed E-state index contributed by atoms with van der Waals surface area (Å²) in [6.07, 6.45) is -0.940. The molecule has 3 aromatic rings. The predicted octanol–water partition coefficient (Wildman–Crippen LogP) is 3.84. The lowest BCUT2D eigenvalue weighted by atomic mass is 10.2. The molecular formula is C16H13BrN2O3. The zero-order chi connectivity index (χ0) is 15.7. The third-order valence-corrected chi connectivity index (χ3v) is 3.73. The monoisotopic (exact) mass is 360 g/mol. The largest absolute Gasteiger partial charge is 0.479 e. The van der Waals surface area contributed by atoms with Crippen molar-refractivity contribution in [3.8, 4) is 17.1 Å². The third-order valence-electron chi connectivity index (χ3n) is 3.24. The summed E-state index contributed by atoms with van der Waals surface area (Å²) >= 11 is 3.42. The van der Waals surface area contributed by atoms with Gasteiger partial charge in [-0.1, -0.05) is 28.1 Å². The van der Waals surface area contributed by atoms with Crippen molar-refractivity contribution in [1.82, 2.24) is 9.97 Å².